The maximum atomic E-state index is 3.55. The van der Waals surface area contributed by atoms with Crippen molar-refractivity contribution >= 4 is 22.7 Å². The minimum Gasteiger partial charge on any atom is -0.361 e. The number of para-hydroxylation sites is 1. The minimum atomic E-state index is 0.967. The van der Waals surface area contributed by atoms with Crippen molar-refractivity contribution in [2.24, 2.45) is 0 Å². The Bertz CT molecular complexity index is 478. The molecule has 1 aromatic carbocycles. The molecule has 19 heavy (non-hydrogen) atoms. The third-order valence-corrected chi connectivity index (χ3v) is 4.14. The van der Waals surface area contributed by atoms with Gasteiger partial charge >= 0.3 is 0 Å². The number of benzene rings is 1. The quantitative estimate of drug-likeness (QED) is 0.672. The Labute approximate surface area is 120 Å². The second kappa shape index (κ2) is 8.28. The summed E-state index contributed by atoms with van der Waals surface area (Å²) in [6, 6.07) is 8.49. The molecule has 0 aliphatic carbocycles. The molecule has 0 atom stereocenters. The largest absolute Gasteiger partial charge is 0.361 e. The number of hydrogen-bond acceptors (Lipinski definition) is 2. The second-order valence-corrected chi connectivity index (χ2v) is 5.93. The summed E-state index contributed by atoms with van der Waals surface area (Å²) in [5, 5.41) is 4.89. The van der Waals surface area contributed by atoms with Gasteiger partial charge in [0.25, 0.3) is 0 Å². The molecule has 0 amide bonds. The molecule has 2 N–H and O–H groups in total. The fourth-order valence-corrected chi connectivity index (χ4v) is 2.84. The predicted octanol–water partition coefficient (Wildman–Crippen LogP) is 4.18. The van der Waals surface area contributed by atoms with E-state index in [1.54, 1.807) is 0 Å². The van der Waals surface area contributed by atoms with E-state index in [-0.39, 0.29) is 0 Å². The summed E-state index contributed by atoms with van der Waals surface area (Å²) in [5.74, 6) is 1.31. The van der Waals surface area contributed by atoms with Crippen molar-refractivity contribution < 1.29 is 0 Å². The summed E-state index contributed by atoms with van der Waals surface area (Å²) in [7, 11) is 0. The second-order valence-electron chi connectivity index (χ2n) is 4.94. The lowest BCUT2D eigenvalue weighted by Gasteiger charge is -2.04. The van der Waals surface area contributed by atoms with Gasteiger partial charge < -0.3 is 10.3 Å². The fraction of sp³-hybridized carbons (Fsp3) is 0.500. The van der Waals surface area contributed by atoms with Crippen LogP contribution in [-0.2, 0) is 6.54 Å². The zero-order valence-electron chi connectivity index (χ0n) is 11.7. The molecule has 1 aromatic heterocycles. The van der Waals surface area contributed by atoms with E-state index in [2.05, 4.69) is 47.0 Å². The highest BCUT2D eigenvalue weighted by molar-refractivity contribution is 7.98. The van der Waals surface area contributed by atoms with Crippen LogP contribution >= 0.6 is 11.8 Å². The zero-order valence-corrected chi connectivity index (χ0v) is 12.6. The van der Waals surface area contributed by atoms with Gasteiger partial charge in [-0.25, -0.2) is 0 Å². The lowest BCUT2D eigenvalue weighted by molar-refractivity contribution is 0.600. The van der Waals surface area contributed by atoms with Gasteiger partial charge in [-0.05, 0) is 43.0 Å². The Balaban J connectivity index is 1.63. The van der Waals surface area contributed by atoms with Crippen LogP contribution in [0.1, 0.15) is 31.2 Å². The number of unbranched alkanes of at least 4 members (excludes halogenated alkanes) is 3. The first kappa shape index (κ1) is 14.5. The number of nitrogens with one attached hydrogen (secondary N) is 2. The average molecular weight is 276 g/mol. The summed E-state index contributed by atoms with van der Waals surface area (Å²) >= 11 is 1.95. The van der Waals surface area contributed by atoms with Gasteiger partial charge in [0.2, 0.25) is 0 Å². The van der Waals surface area contributed by atoms with E-state index in [0.29, 0.717) is 0 Å². The molecule has 0 aliphatic heterocycles. The number of aromatic nitrogens is 1. The molecule has 0 fully saturated rings. The summed E-state index contributed by atoms with van der Waals surface area (Å²) in [6.07, 6.45) is 9.68. The molecule has 0 spiro atoms. The third kappa shape index (κ3) is 4.59. The molecule has 0 aliphatic rings. The van der Waals surface area contributed by atoms with E-state index in [9.17, 15) is 0 Å². The van der Waals surface area contributed by atoms with Crippen molar-refractivity contribution in [2.45, 2.75) is 32.2 Å². The Morgan fingerprint density at radius 3 is 2.84 bits per heavy atom. The molecule has 3 heteroatoms. The van der Waals surface area contributed by atoms with E-state index >= 15 is 0 Å². The molecule has 2 nitrogen and oxygen atoms in total. The van der Waals surface area contributed by atoms with Gasteiger partial charge in [0.05, 0.1) is 0 Å². The standard InChI is InChI=1S/C16H24N2S/c1-19-11-7-3-2-6-10-17-12-14-13-18-16-9-5-4-8-15(14)16/h4-5,8-9,13,17-18H,2-3,6-7,10-12H2,1H3. The first-order valence-electron chi connectivity index (χ1n) is 7.16. The number of rotatable bonds is 9. The van der Waals surface area contributed by atoms with Gasteiger partial charge in [-0.1, -0.05) is 31.0 Å². The maximum absolute atomic E-state index is 3.55. The monoisotopic (exact) mass is 276 g/mol. The number of fused-ring (bicyclic) bond motifs is 1. The Hall–Kier alpha value is -0.930. The molecule has 0 radical (unpaired) electrons. The molecular formula is C16H24N2S. The summed E-state index contributed by atoms with van der Waals surface area (Å²) in [6.45, 7) is 2.09. The van der Waals surface area contributed by atoms with Crippen LogP contribution in [0.2, 0.25) is 0 Å². The van der Waals surface area contributed by atoms with Crippen LogP contribution in [0.4, 0.5) is 0 Å². The summed E-state index contributed by atoms with van der Waals surface area (Å²) < 4.78 is 0. The van der Waals surface area contributed by atoms with E-state index in [1.165, 1.54) is 47.9 Å². The molecule has 104 valence electrons. The number of hydrogen-bond donors (Lipinski definition) is 2. The van der Waals surface area contributed by atoms with E-state index in [4.69, 9.17) is 0 Å². The Morgan fingerprint density at radius 2 is 1.95 bits per heavy atom. The molecule has 0 bridgehead atoms. The van der Waals surface area contributed by atoms with Gasteiger partial charge in [0.15, 0.2) is 0 Å². The normalized spacial score (nSPS) is 11.2. The fourth-order valence-electron chi connectivity index (χ4n) is 2.35. The number of H-pyrrole nitrogens is 1. The van der Waals surface area contributed by atoms with Gasteiger partial charge in [-0.2, -0.15) is 11.8 Å². The van der Waals surface area contributed by atoms with Crippen LogP contribution < -0.4 is 5.32 Å². The van der Waals surface area contributed by atoms with Crippen molar-refractivity contribution in [3.8, 4) is 0 Å². The smallest absolute Gasteiger partial charge is 0.0457 e. The van der Waals surface area contributed by atoms with Gasteiger partial charge in [0, 0.05) is 23.6 Å². The van der Waals surface area contributed by atoms with Crippen LogP contribution in [0.15, 0.2) is 30.5 Å². The Kier molecular flexibility index (Phi) is 6.31. The van der Waals surface area contributed by atoms with E-state index in [0.717, 1.165) is 13.1 Å². The highest BCUT2D eigenvalue weighted by Crippen LogP contribution is 2.17. The number of thioether (sulfide) groups is 1. The molecular weight excluding hydrogens is 252 g/mol. The zero-order chi connectivity index (χ0) is 13.3. The third-order valence-electron chi connectivity index (χ3n) is 3.44. The summed E-state index contributed by atoms with van der Waals surface area (Å²) in [5.41, 5.74) is 2.61. The van der Waals surface area contributed by atoms with Crippen LogP contribution in [0.3, 0.4) is 0 Å². The lowest BCUT2D eigenvalue weighted by atomic mass is 10.1. The SMILES string of the molecule is CSCCCCCCNCc1c[nH]c2ccccc12. The Morgan fingerprint density at radius 1 is 1.11 bits per heavy atom. The van der Waals surface area contributed by atoms with Gasteiger partial charge in [0.1, 0.15) is 0 Å². The van der Waals surface area contributed by atoms with Crippen LogP contribution in [0.5, 0.6) is 0 Å². The van der Waals surface area contributed by atoms with Crippen molar-refractivity contribution in [1.29, 1.82) is 0 Å². The van der Waals surface area contributed by atoms with Crippen LogP contribution in [0, 0.1) is 0 Å². The highest BCUT2D eigenvalue weighted by atomic mass is 32.2. The average Bonchev–Trinajstić information content (AvgIpc) is 2.85. The molecule has 2 aromatic rings. The maximum Gasteiger partial charge on any atom is 0.0457 e. The van der Waals surface area contributed by atoms with Gasteiger partial charge in [-0.15, -0.1) is 0 Å². The summed E-state index contributed by atoms with van der Waals surface area (Å²) in [4.78, 5) is 3.32. The van der Waals surface area contributed by atoms with Crippen molar-refractivity contribution in [2.75, 3.05) is 18.6 Å². The molecule has 2 rings (SSSR count). The molecule has 1 heterocycles. The first-order valence-corrected chi connectivity index (χ1v) is 8.56. The van der Waals surface area contributed by atoms with Crippen molar-refractivity contribution in [1.82, 2.24) is 10.3 Å². The predicted molar refractivity (Wildman–Crippen MR) is 86.9 cm³/mol. The lowest BCUT2D eigenvalue weighted by Crippen LogP contribution is -2.14. The number of aromatic amines is 1. The van der Waals surface area contributed by atoms with Crippen molar-refractivity contribution in [3.05, 3.63) is 36.0 Å². The molecule has 0 unspecified atom stereocenters. The van der Waals surface area contributed by atoms with Crippen LogP contribution in [-0.4, -0.2) is 23.5 Å². The first-order chi connectivity index (χ1) is 9.42. The topological polar surface area (TPSA) is 27.8 Å². The highest BCUT2D eigenvalue weighted by Gasteiger charge is 2.01. The van der Waals surface area contributed by atoms with E-state index in [1.807, 2.05) is 11.8 Å². The molecule has 0 saturated carbocycles. The minimum absolute atomic E-state index is 0.967. The molecule has 0 saturated heterocycles. The van der Waals surface area contributed by atoms with Crippen molar-refractivity contribution in [3.63, 3.8) is 0 Å². The van der Waals surface area contributed by atoms with Gasteiger partial charge in [-0.3, -0.25) is 0 Å². The van der Waals surface area contributed by atoms with Crippen LogP contribution in [0.25, 0.3) is 10.9 Å². The van der Waals surface area contributed by atoms with E-state index < -0.39 is 0 Å².